The first-order valence-corrected chi connectivity index (χ1v) is 12.8. The highest BCUT2D eigenvalue weighted by Gasteiger charge is 2.28. The number of rotatable bonds is 7. The first-order chi connectivity index (χ1) is 15.6. The largest absolute Gasteiger partial charge is 0.340 e. The highest BCUT2D eigenvalue weighted by atomic mass is 16.2. The number of carbonyl (C=O) groups excluding carboxylic acids is 1. The zero-order chi connectivity index (χ0) is 22.5. The predicted molar refractivity (Wildman–Crippen MR) is 128 cm³/mol. The number of amides is 1. The molecule has 5 heteroatoms. The SMILES string of the molecule is CCN(C(=O)CCn1c2cc(C#N)ccc2nc1[C@H]1CC[C@H](CC)CC1)C1CCCCC1. The highest BCUT2D eigenvalue weighted by molar-refractivity contribution is 5.79. The standard InChI is InChI=1S/C27H38N4O/c1-3-20-10-13-22(14-11-20)27-29-24-15-12-21(19-28)18-25(24)31(27)17-16-26(32)30(4-2)23-8-6-5-7-9-23/h12,15,18,20,22-23H,3-11,13-14,16-17H2,1-2H3/t20-,22-. The molecule has 0 radical (unpaired) electrons. The summed E-state index contributed by atoms with van der Waals surface area (Å²) in [5.74, 6) is 2.67. The van der Waals surface area contributed by atoms with Crippen LogP contribution < -0.4 is 0 Å². The van der Waals surface area contributed by atoms with Gasteiger partial charge in [0.1, 0.15) is 5.82 Å². The van der Waals surface area contributed by atoms with Crippen LogP contribution in [0.2, 0.25) is 0 Å². The third-order valence-corrected chi connectivity index (χ3v) is 7.92. The summed E-state index contributed by atoms with van der Waals surface area (Å²) >= 11 is 0. The number of hydrogen-bond acceptors (Lipinski definition) is 3. The Morgan fingerprint density at radius 3 is 2.53 bits per heavy atom. The van der Waals surface area contributed by atoms with Crippen molar-refractivity contribution in [3.8, 4) is 6.07 Å². The van der Waals surface area contributed by atoms with Crippen LogP contribution in [0.25, 0.3) is 11.0 Å². The average molecular weight is 435 g/mol. The summed E-state index contributed by atoms with van der Waals surface area (Å²) in [5, 5.41) is 9.43. The van der Waals surface area contributed by atoms with Crippen molar-refractivity contribution in [2.45, 2.75) is 103 Å². The average Bonchev–Trinajstić information content (AvgIpc) is 3.21. The quantitative estimate of drug-likeness (QED) is 0.524. The number of carbonyl (C=O) groups is 1. The minimum absolute atomic E-state index is 0.262. The molecule has 0 aliphatic heterocycles. The van der Waals surface area contributed by atoms with E-state index >= 15 is 0 Å². The molecule has 1 amide bonds. The second-order valence-electron chi connectivity index (χ2n) is 9.78. The molecule has 32 heavy (non-hydrogen) atoms. The van der Waals surface area contributed by atoms with Crippen molar-refractivity contribution < 1.29 is 4.79 Å². The fraction of sp³-hybridized carbons (Fsp3) is 0.667. The van der Waals surface area contributed by atoms with Crippen LogP contribution >= 0.6 is 0 Å². The molecule has 1 aromatic heterocycles. The Morgan fingerprint density at radius 2 is 1.88 bits per heavy atom. The summed E-state index contributed by atoms with van der Waals surface area (Å²) in [6, 6.07) is 8.45. The lowest BCUT2D eigenvalue weighted by Gasteiger charge is -2.34. The number of nitriles is 1. The summed E-state index contributed by atoms with van der Waals surface area (Å²) in [6.45, 7) is 5.84. The van der Waals surface area contributed by atoms with Crippen molar-refractivity contribution in [3.05, 3.63) is 29.6 Å². The molecule has 2 aromatic rings. The van der Waals surface area contributed by atoms with E-state index in [0.29, 0.717) is 30.5 Å². The van der Waals surface area contributed by atoms with Gasteiger partial charge in [0.15, 0.2) is 0 Å². The zero-order valence-electron chi connectivity index (χ0n) is 19.9. The highest BCUT2D eigenvalue weighted by Crippen LogP contribution is 2.38. The Hall–Kier alpha value is -2.35. The molecule has 5 nitrogen and oxygen atoms in total. The van der Waals surface area contributed by atoms with Crippen molar-refractivity contribution in [1.82, 2.24) is 14.5 Å². The molecule has 4 rings (SSSR count). The van der Waals surface area contributed by atoms with Gasteiger partial charge < -0.3 is 9.47 Å². The van der Waals surface area contributed by atoms with Crippen LogP contribution in [0.5, 0.6) is 0 Å². The Balaban J connectivity index is 1.57. The van der Waals surface area contributed by atoms with E-state index in [-0.39, 0.29) is 5.91 Å². The smallest absolute Gasteiger partial charge is 0.224 e. The van der Waals surface area contributed by atoms with Crippen LogP contribution in [0.15, 0.2) is 18.2 Å². The van der Waals surface area contributed by atoms with Crippen LogP contribution in [0.1, 0.15) is 102 Å². The van der Waals surface area contributed by atoms with Crippen molar-refractivity contribution >= 4 is 16.9 Å². The van der Waals surface area contributed by atoms with Gasteiger partial charge in [0.25, 0.3) is 0 Å². The van der Waals surface area contributed by atoms with E-state index in [4.69, 9.17) is 4.98 Å². The van der Waals surface area contributed by atoms with E-state index in [1.807, 2.05) is 18.2 Å². The molecule has 0 atom stereocenters. The summed E-state index contributed by atoms with van der Waals surface area (Å²) in [4.78, 5) is 20.4. The maximum atomic E-state index is 13.2. The number of imidazole rings is 1. The molecule has 2 aliphatic rings. The van der Waals surface area contributed by atoms with Gasteiger partial charge in [-0.25, -0.2) is 4.98 Å². The van der Waals surface area contributed by atoms with E-state index in [1.54, 1.807) is 0 Å². The molecule has 0 unspecified atom stereocenters. The van der Waals surface area contributed by atoms with Gasteiger partial charge in [-0.1, -0.05) is 32.6 Å². The summed E-state index contributed by atoms with van der Waals surface area (Å²) in [5.41, 5.74) is 2.61. The number of fused-ring (bicyclic) bond motifs is 1. The van der Waals surface area contributed by atoms with Gasteiger partial charge in [-0.15, -0.1) is 0 Å². The van der Waals surface area contributed by atoms with Gasteiger partial charge in [-0.05, 0) is 69.6 Å². The number of aromatic nitrogens is 2. The second kappa shape index (κ2) is 10.5. The predicted octanol–water partition coefficient (Wildman–Crippen LogP) is 6.16. The molecule has 0 saturated heterocycles. The lowest BCUT2D eigenvalue weighted by molar-refractivity contribution is -0.134. The molecule has 1 heterocycles. The summed E-state index contributed by atoms with van der Waals surface area (Å²) in [6.07, 6.45) is 12.7. The minimum Gasteiger partial charge on any atom is -0.340 e. The van der Waals surface area contributed by atoms with E-state index < -0.39 is 0 Å². The molecule has 0 N–H and O–H groups in total. The maximum absolute atomic E-state index is 13.2. The molecule has 0 bridgehead atoms. The van der Waals surface area contributed by atoms with Crippen molar-refractivity contribution in [2.24, 2.45) is 5.92 Å². The van der Waals surface area contributed by atoms with Gasteiger partial charge in [-0.3, -0.25) is 4.79 Å². The van der Waals surface area contributed by atoms with Gasteiger partial charge >= 0.3 is 0 Å². The van der Waals surface area contributed by atoms with E-state index in [2.05, 4.69) is 29.4 Å². The first kappa shape index (κ1) is 22.8. The Morgan fingerprint density at radius 1 is 1.12 bits per heavy atom. The third kappa shape index (κ3) is 4.85. The Kier molecular flexibility index (Phi) is 7.50. The normalized spacial score (nSPS) is 22.0. The van der Waals surface area contributed by atoms with Crippen LogP contribution in [0, 0.1) is 17.2 Å². The summed E-state index contributed by atoms with van der Waals surface area (Å²) in [7, 11) is 0. The number of hydrogen-bond donors (Lipinski definition) is 0. The van der Waals surface area contributed by atoms with Gasteiger partial charge in [0.05, 0.1) is 22.7 Å². The Labute approximate surface area is 192 Å². The molecule has 1 aromatic carbocycles. The lowest BCUT2D eigenvalue weighted by Crippen LogP contribution is -2.41. The van der Waals surface area contributed by atoms with Gasteiger partial charge in [-0.2, -0.15) is 5.26 Å². The van der Waals surface area contributed by atoms with Crippen LogP contribution in [0.4, 0.5) is 0 Å². The molecule has 2 fully saturated rings. The van der Waals surface area contributed by atoms with E-state index in [9.17, 15) is 10.1 Å². The van der Waals surface area contributed by atoms with E-state index in [0.717, 1.165) is 42.2 Å². The van der Waals surface area contributed by atoms with Crippen LogP contribution in [0.3, 0.4) is 0 Å². The molecule has 2 aliphatic carbocycles. The van der Waals surface area contributed by atoms with Crippen molar-refractivity contribution in [2.75, 3.05) is 6.54 Å². The molecule has 0 spiro atoms. The molecular weight excluding hydrogens is 396 g/mol. The fourth-order valence-electron chi connectivity index (χ4n) is 5.97. The summed E-state index contributed by atoms with van der Waals surface area (Å²) < 4.78 is 2.26. The molecular formula is C27H38N4O. The number of aryl methyl sites for hydroxylation is 1. The third-order valence-electron chi connectivity index (χ3n) is 7.92. The van der Waals surface area contributed by atoms with E-state index in [1.165, 1.54) is 51.4 Å². The van der Waals surface area contributed by atoms with Crippen molar-refractivity contribution in [1.29, 1.82) is 5.26 Å². The second-order valence-corrected chi connectivity index (χ2v) is 9.78. The van der Waals surface area contributed by atoms with Gasteiger partial charge in [0.2, 0.25) is 5.91 Å². The maximum Gasteiger partial charge on any atom is 0.224 e. The van der Waals surface area contributed by atoms with Gasteiger partial charge in [0, 0.05) is 31.5 Å². The fourth-order valence-corrected chi connectivity index (χ4v) is 5.97. The topological polar surface area (TPSA) is 61.9 Å². The zero-order valence-corrected chi connectivity index (χ0v) is 19.9. The minimum atomic E-state index is 0.262. The number of benzene rings is 1. The lowest BCUT2D eigenvalue weighted by atomic mass is 9.80. The number of nitrogens with zero attached hydrogens (tertiary/aromatic N) is 4. The van der Waals surface area contributed by atoms with Crippen LogP contribution in [-0.2, 0) is 11.3 Å². The van der Waals surface area contributed by atoms with Crippen molar-refractivity contribution in [3.63, 3.8) is 0 Å². The van der Waals surface area contributed by atoms with Crippen LogP contribution in [-0.4, -0.2) is 32.9 Å². The molecule has 2 saturated carbocycles. The monoisotopic (exact) mass is 434 g/mol. The first-order valence-electron chi connectivity index (χ1n) is 12.8. The Bertz CT molecular complexity index is 958. The molecule has 172 valence electrons.